The summed E-state index contributed by atoms with van der Waals surface area (Å²) in [4.78, 5) is -0.295. The van der Waals surface area contributed by atoms with Crippen LogP contribution in [0.15, 0.2) is 29.2 Å². The van der Waals surface area contributed by atoms with E-state index in [4.69, 9.17) is 9.16 Å². The van der Waals surface area contributed by atoms with E-state index in [9.17, 15) is 21.6 Å². The number of rotatable bonds is 5. The molecule has 2 radical (unpaired) electrons. The van der Waals surface area contributed by atoms with Crippen LogP contribution in [-0.2, 0) is 25.2 Å². The monoisotopic (exact) mass is 366 g/mol. The Kier molecular flexibility index (Phi) is 5.87. The zero-order chi connectivity index (χ0) is 17.1. The van der Waals surface area contributed by atoms with Gasteiger partial charge >= 0.3 is 6.18 Å². The molecule has 2 unspecified atom stereocenters. The zero-order valence-electron chi connectivity index (χ0n) is 12.5. The Morgan fingerprint density at radius 2 is 2.13 bits per heavy atom. The van der Waals surface area contributed by atoms with Crippen LogP contribution >= 0.6 is 0 Å². The molecular formula is C14H17F3O4SSi. The molecule has 2 atom stereocenters. The second-order valence-corrected chi connectivity index (χ2v) is 8.15. The summed E-state index contributed by atoms with van der Waals surface area (Å²) < 4.78 is 74.3. The number of hydrogen-bond donors (Lipinski definition) is 0. The molecule has 1 heterocycles. The summed E-state index contributed by atoms with van der Waals surface area (Å²) in [5.74, 6) is 0. The maximum absolute atomic E-state index is 12.8. The minimum atomic E-state index is -4.57. The van der Waals surface area contributed by atoms with Crippen LogP contribution in [-0.4, -0.2) is 42.7 Å². The molecule has 0 N–H and O–H groups in total. The smallest absolute Gasteiger partial charge is 0.415 e. The Hall–Kier alpha value is -0.903. The summed E-state index contributed by atoms with van der Waals surface area (Å²) in [6, 6.07) is 3.89. The van der Waals surface area contributed by atoms with Gasteiger partial charge in [0.2, 0.25) is 9.76 Å². The van der Waals surface area contributed by atoms with Crippen molar-refractivity contribution in [1.82, 2.24) is 0 Å². The summed E-state index contributed by atoms with van der Waals surface area (Å²) in [5, 5.41) is -0.756. The molecule has 0 amide bonds. The zero-order valence-corrected chi connectivity index (χ0v) is 14.3. The van der Waals surface area contributed by atoms with Gasteiger partial charge in [0.05, 0.1) is 28.4 Å². The third-order valence-corrected chi connectivity index (χ3v) is 6.33. The van der Waals surface area contributed by atoms with E-state index < -0.39 is 26.8 Å². The van der Waals surface area contributed by atoms with Crippen molar-refractivity contribution in [2.24, 2.45) is 0 Å². The number of sulfone groups is 1. The van der Waals surface area contributed by atoms with Gasteiger partial charge in [0.25, 0.3) is 0 Å². The fourth-order valence-electron chi connectivity index (χ4n) is 2.46. The van der Waals surface area contributed by atoms with Gasteiger partial charge in [0.1, 0.15) is 0 Å². The first-order valence-electron chi connectivity index (χ1n) is 7.06. The van der Waals surface area contributed by atoms with Gasteiger partial charge in [-0.2, -0.15) is 13.2 Å². The van der Waals surface area contributed by atoms with Crippen LogP contribution in [0.4, 0.5) is 13.2 Å². The number of alkyl halides is 3. The van der Waals surface area contributed by atoms with Crippen molar-refractivity contribution >= 4 is 19.6 Å². The van der Waals surface area contributed by atoms with E-state index in [1.807, 2.05) is 6.55 Å². The molecule has 1 fully saturated rings. The molecule has 1 aliphatic rings. The molecule has 4 nitrogen and oxygen atoms in total. The molecule has 1 aromatic rings. The van der Waals surface area contributed by atoms with Crippen molar-refractivity contribution in [2.45, 2.75) is 41.8 Å². The van der Waals surface area contributed by atoms with Gasteiger partial charge in [0.15, 0.2) is 9.84 Å². The quantitative estimate of drug-likeness (QED) is 0.752. The van der Waals surface area contributed by atoms with Crippen LogP contribution in [0.25, 0.3) is 0 Å². The van der Waals surface area contributed by atoms with Crippen LogP contribution in [0.5, 0.6) is 0 Å². The summed E-state index contributed by atoms with van der Waals surface area (Å²) >= 11 is 0. The maximum atomic E-state index is 12.8. The van der Waals surface area contributed by atoms with Crippen LogP contribution in [0.1, 0.15) is 18.4 Å². The van der Waals surface area contributed by atoms with Gasteiger partial charge in [-0.3, -0.25) is 0 Å². The van der Waals surface area contributed by atoms with Gasteiger partial charge in [-0.05, 0) is 37.6 Å². The first-order chi connectivity index (χ1) is 10.7. The average Bonchev–Trinajstić information content (AvgIpc) is 2.52. The van der Waals surface area contributed by atoms with E-state index in [0.29, 0.717) is 12.7 Å². The van der Waals surface area contributed by atoms with E-state index in [1.165, 1.54) is 6.07 Å². The van der Waals surface area contributed by atoms with Gasteiger partial charge in [-0.15, -0.1) is 0 Å². The van der Waals surface area contributed by atoms with Crippen molar-refractivity contribution in [1.29, 1.82) is 0 Å². The van der Waals surface area contributed by atoms with Gasteiger partial charge in [-0.1, -0.05) is 6.07 Å². The molecule has 0 aliphatic carbocycles. The molecule has 2 rings (SSSR count). The van der Waals surface area contributed by atoms with Gasteiger partial charge in [-0.25, -0.2) is 8.42 Å². The van der Waals surface area contributed by atoms with E-state index in [-0.39, 0.29) is 40.2 Å². The normalized spacial score (nSPS) is 23.0. The molecule has 23 heavy (non-hydrogen) atoms. The fourth-order valence-corrected chi connectivity index (χ4v) is 4.63. The van der Waals surface area contributed by atoms with E-state index in [2.05, 4.69) is 0 Å². The highest BCUT2D eigenvalue weighted by molar-refractivity contribution is 7.92. The Bertz CT molecular complexity index is 633. The highest BCUT2D eigenvalue weighted by Gasteiger charge is 2.36. The number of ether oxygens (including phenoxy) is 1. The van der Waals surface area contributed by atoms with Crippen LogP contribution in [0, 0.1) is 0 Å². The van der Waals surface area contributed by atoms with E-state index >= 15 is 0 Å². The van der Waals surface area contributed by atoms with Gasteiger partial charge in [0, 0.05) is 6.61 Å². The minimum absolute atomic E-state index is 0.225. The predicted molar refractivity (Wildman–Crippen MR) is 79.0 cm³/mol. The van der Waals surface area contributed by atoms with Crippen LogP contribution in [0.3, 0.4) is 0 Å². The summed E-state index contributed by atoms with van der Waals surface area (Å²) in [5.41, 5.74) is -0.960. The van der Waals surface area contributed by atoms with Crippen molar-refractivity contribution < 1.29 is 30.8 Å². The highest BCUT2D eigenvalue weighted by Crippen LogP contribution is 2.33. The number of halogens is 3. The van der Waals surface area contributed by atoms with Crippen molar-refractivity contribution in [3.8, 4) is 0 Å². The molecule has 1 saturated heterocycles. The third kappa shape index (κ3) is 4.56. The predicted octanol–water partition coefficient (Wildman–Crippen LogP) is 2.71. The fraction of sp³-hybridized carbons (Fsp3) is 0.571. The summed E-state index contributed by atoms with van der Waals surface area (Å²) in [6.07, 6.45) is -4.42. The Morgan fingerprint density at radius 1 is 1.39 bits per heavy atom. The first kappa shape index (κ1) is 18.4. The van der Waals surface area contributed by atoms with Crippen molar-refractivity contribution in [3.05, 3.63) is 29.8 Å². The Morgan fingerprint density at radius 3 is 2.78 bits per heavy atom. The second-order valence-electron chi connectivity index (χ2n) is 5.22. The summed E-state index contributed by atoms with van der Waals surface area (Å²) in [6.45, 7) is 2.40. The minimum Gasteiger partial charge on any atom is -0.415 e. The lowest BCUT2D eigenvalue weighted by Crippen LogP contribution is -2.37. The maximum Gasteiger partial charge on any atom is 0.416 e. The molecule has 128 valence electrons. The number of benzene rings is 1. The lowest BCUT2D eigenvalue weighted by molar-refractivity contribution is -0.137. The largest absolute Gasteiger partial charge is 0.416 e. The van der Waals surface area contributed by atoms with Crippen LogP contribution < -0.4 is 0 Å². The topological polar surface area (TPSA) is 52.6 Å². The standard InChI is InChI=1S/C14H17F3O4SSi/c1-23-21-9-11-8-13(5-6-20-11)22(18,19)12-4-2-3-10(7-12)14(15,16)17/h2-4,7,11,13H,5-6,8-9H2,1H3. The van der Waals surface area contributed by atoms with Crippen LogP contribution in [0.2, 0.25) is 6.55 Å². The van der Waals surface area contributed by atoms with Crippen molar-refractivity contribution in [3.63, 3.8) is 0 Å². The summed E-state index contributed by atoms with van der Waals surface area (Å²) in [7, 11) is -3.56. The highest BCUT2D eigenvalue weighted by atomic mass is 32.2. The van der Waals surface area contributed by atoms with E-state index in [1.54, 1.807) is 0 Å². The third-order valence-electron chi connectivity index (χ3n) is 3.66. The molecule has 1 aliphatic heterocycles. The first-order valence-corrected chi connectivity index (χ1v) is 10.0. The molecule has 0 spiro atoms. The number of hydrogen-bond acceptors (Lipinski definition) is 4. The molecule has 1 aromatic carbocycles. The average molecular weight is 366 g/mol. The molecule has 0 aromatic heterocycles. The molecule has 9 heteroatoms. The Labute approximate surface area is 135 Å². The molecular weight excluding hydrogens is 349 g/mol. The molecule has 0 saturated carbocycles. The molecule has 0 bridgehead atoms. The lowest BCUT2D eigenvalue weighted by Gasteiger charge is -2.29. The SMILES string of the molecule is C[Si]OCC1CC(S(=O)(=O)c2cccc(C(F)(F)F)c2)CCO1. The van der Waals surface area contributed by atoms with Crippen molar-refractivity contribution in [2.75, 3.05) is 13.2 Å². The second kappa shape index (κ2) is 7.33. The van der Waals surface area contributed by atoms with E-state index in [0.717, 1.165) is 12.1 Å². The lowest BCUT2D eigenvalue weighted by atomic mass is 10.1. The van der Waals surface area contributed by atoms with Gasteiger partial charge < -0.3 is 9.16 Å². The Balaban J connectivity index is 2.21.